The number of aromatic nitrogens is 2. The number of nitrogen functional groups attached to an aromatic ring is 1. The van der Waals surface area contributed by atoms with Crippen LogP contribution in [-0.2, 0) is 23.6 Å². The highest BCUT2D eigenvalue weighted by Crippen LogP contribution is 2.23. The van der Waals surface area contributed by atoms with Crippen molar-refractivity contribution in [3.8, 4) is 0 Å². The molecule has 0 saturated heterocycles. The van der Waals surface area contributed by atoms with Gasteiger partial charge in [-0.05, 0) is 18.2 Å². The van der Waals surface area contributed by atoms with Gasteiger partial charge in [-0.25, -0.2) is 13.1 Å². The second kappa shape index (κ2) is 5.20. The summed E-state index contributed by atoms with van der Waals surface area (Å²) in [5, 5.41) is 4.09. The molecule has 0 bridgehead atoms. The number of sulfonamides is 1. The topological polar surface area (TPSA) is 90.0 Å². The van der Waals surface area contributed by atoms with Gasteiger partial charge in [0.05, 0.1) is 11.2 Å². The maximum Gasteiger partial charge on any atom is 0.242 e. The van der Waals surface area contributed by atoms with Gasteiger partial charge >= 0.3 is 0 Å². The third-order valence-electron chi connectivity index (χ3n) is 2.47. The molecule has 0 amide bonds. The molecule has 19 heavy (non-hydrogen) atoms. The van der Waals surface area contributed by atoms with Gasteiger partial charge in [0.15, 0.2) is 0 Å². The largest absolute Gasteiger partial charge is 0.399 e. The Morgan fingerprint density at radius 3 is 2.84 bits per heavy atom. The molecule has 1 heterocycles. The van der Waals surface area contributed by atoms with Gasteiger partial charge in [0.25, 0.3) is 0 Å². The van der Waals surface area contributed by atoms with E-state index >= 15 is 0 Å². The van der Waals surface area contributed by atoms with Crippen LogP contribution in [0.2, 0.25) is 5.02 Å². The monoisotopic (exact) mass is 300 g/mol. The molecule has 1 aromatic heterocycles. The van der Waals surface area contributed by atoms with Gasteiger partial charge in [-0.3, -0.25) is 4.68 Å². The summed E-state index contributed by atoms with van der Waals surface area (Å²) in [6.07, 6.45) is 3.31. The molecule has 0 aliphatic rings. The summed E-state index contributed by atoms with van der Waals surface area (Å²) in [6, 6.07) is 4.33. The van der Waals surface area contributed by atoms with Crippen molar-refractivity contribution in [2.75, 3.05) is 5.73 Å². The lowest BCUT2D eigenvalue weighted by molar-refractivity contribution is 0.581. The molecule has 0 fully saturated rings. The number of nitrogens with zero attached hydrogens (tertiary/aromatic N) is 2. The van der Waals surface area contributed by atoms with Crippen LogP contribution in [0, 0.1) is 0 Å². The van der Waals surface area contributed by atoms with E-state index in [1.807, 2.05) is 0 Å². The number of nitrogens with two attached hydrogens (primary N) is 1. The second-order valence-electron chi connectivity index (χ2n) is 4.04. The summed E-state index contributed by atoms with van der Waals surface area (Å²) in [5.41, 5.74) is 6.67. The minimum atomic E-state index is -3.70. The second-order valence-corrected chi connectivity index (χ2v) is 6.18. The first-order valence-electron chi connectivity index (χ1n) is 5.41. The van der Waals surface area contributed by atoms with E-state index in [1.54, 1.807) is 30.2 Å². The molecule has 8 heteroatoms. The van der Waals surface area contributed by atoms with Crippen molar-refractivity contribution in [3.05, 3.63) is 41.2 Å². The number of hydrogen-bond acceptors (Lipinski definition) is 4. The number of rotatable bonds is 4. The first-order valence-corrected chi connectivity index (χ1v) is 7.27. The molecule has 0 saturated carbocycles. The van der Waals surface area contributed by atoms with Crippen LogP contribution in [0.4, 0.5) is 5.69 Å². The van der Waals surface area contributed by atoms with Crippen LogP contribution in [0.15, 0.2) is 35.5 Å². The predicted octanol–water partition coefficient (Wildman–Crippen LogP) is 1.13. The fraction of sp³-hybridized carbons (Fsp3) is 0.182. The Morgan fingerprint density at radius 1 is 1.47 bits per heavy atom. The van der Waals surface area contributed by atoms with Crippen molar-refractivity contribution in [3.63, 3.8) is 0 Å². The van der Waals surface area contributed by atoms with Gasteiger partial charge in [0.2, 0.25) is 10.0 Å². The van der Waals surface area contributed by atoms with Gasteiger partial charge < -0.3 is 5.73 Å². The molecule has 0 radical (unpaired) electrons. The number of nitrogens with one attached hydrogen (secondary N) is 1. The molecule has 102 valence electrons. The molecule has 6 nitrogen and oxygen atoms in total. The molecule has 0 spiro atoms. The lowest BCUT2D eigenvalue weighted by Gasteiger charge is -2.08. The molecule has 1 aromatic carbocycles. The highest BCUT2D eigenvalue weighted by Gasteiger charge is 2.18. The fourth-order valence-electron chi connectivity index (χ4n) is 1.55. The highest BCUT2D eigenvalue weighted by atomic mass is 35.5. The van der Waals surface area contributed by atoms with E-state index < -0.39 is 10.0 Å². The van der Waals surface area contributed by atoms with E-state index in [9.17, 15) is 8.42 Å². The van der Waals surface area contributed by atoms with Crippen LogP contribution in [0.25, 0.3) is 0 Å². The Labute approximate surface area is 116 Å². The van der Waals surface area contributed by atoms with E-state index in [1.165, 1.54) is 12.1 Å². The van der Waals surface area contributed by atoms with E-state index in [4.69, 9.17) is 17.3 Å². The average molecular weight is 301 g/mol. The molecular weight excluding hydrogens is 288 g/mol. The average Bonchev–Trinajstić information content (AvgIpc) is 2.76. The normalized spacial score (nSPS) is 11.7. The Kier molecular flexibility index (Phi) is 3.79. The smallest absolute Gasteiger partial charge is 0.242 e. The van der Waals surface area contributed by atoms with Crippen molar-refractivity contribution in [1.29, 1.82) is 0 Å². The van der Waals surface area contributed by atoms with Gasteiger partial charge in [0.1, 0.15) is 4.90 Å². The number of hydrogen-bond donors (Lipinski definition) is 2. The third kappa shape index (κ3) is 3.25. The van der Waals surface area contributed by atoms with Crippen molar-refractivity contribution < 1.29 is 8.42 Å². The van der Waals surface area contributed by atoms with E-state index in [2.05, 4.69) is 9.82 Å². The third-order valence-corrected chi connectivity index (χ3v) is 4.35. The Morgan fingerprint density at radius 2 is 2.21 bits per heavy atom. The molecule has 3 N–H and O–H groups in total. The molecule has 0 aliphatic heterocycles. The van der Waals surface area contributed by atoms with Crippen LogP contribution in [0.1, 0.15) is 5.56 Å². The van der Waals surface area contributed by atoms with Gasteiger partial charge in [-0.15, -0.1) is 0 Å². The molecule has 0 aliphatic carbocycles. The maximum atomic E-state index is 12.1. The SMILES string of the molecule is Cn1cc(CNS(=O)(=O)c2cc(N)ccc2Cl)cn1. The summed E-state index contributed by atoms with van der Waals surface area (Å²) in [4.78, 5) is -0.0296. The lowest BCUT2D eigenvalue weighted by Crippen LogP contribution is -2.23. The number of benzene rings is 1. The fourth-order valence-corrected chi connectivity index (χ4v) is 3.10. The Bertz CT molecular complexity index is 696. The molecule has 0 atom stereocenters. The van der Waals surface area contributed by atoms with Crippen LogP contribution in [-0.4, -0.2) is 18.2 Å². The van der Waals surface area contributed by atoms with Crippen molar-refractivity contribution in [2.24, 2.45) is 7.05 Å². The first kappa shape index (κ1) is 13.9. The standard InChI is InChI=1S/C11H13ClN4O2S/c1-16-7-8(5-14-16)6-15-19(17,18)11-4-9(13)2-3-10(11)12/h2-5,7,15H,6,13H2,1H3. The van der Waals surface area contributed by atoms with Crippen LogP contribution < -0.4 is 10.5 Å². The van der Waals surface area contributed by atoms with Gasteiger partial charge in [-0.2, -0.15) is 5.10 Å². The van der Waals surface area contributed by atoms with Crippen LogP contribution in [0.3, 0.4) is 0 Å². The van der Waals surface area contributed by atoms with E-state index in [0.717, 1.165) is 5.56 Å². The van der Waals surface area contributed by atoms with E-state index in [0.29, 0.717) is 5.69 Å². The van der Waals surface area contributed by atoms with E-state index in [-0.39, 0.29) is 16.5 Å². The van der Waals surface area contributed by atoms with Crippen molar-refractivity contribution in [2.45, 2.75) is 11.4 Å². The number of anilines is 1. The van der Waals surface area contributed by atoms with Crippen LogP contribution in [0.5, 0.6) is 0 Å². The lowest BCUT2D eigenvalue weighted by atomic mass is 10.3. The first-order chi connectivity index (χ1) is 8.88. The molecular formula is C11H13ClN4O2S. The highest BCUT2D eigenvalue weighted by molar-refractivity contribution is 7.89. The van der Waals surface area contributed by atoms with Gasteiger partial charge in [-0.1, -0.05) is 11.6 Å². The quantitative estimate of drug-likeness (QED) is 0.828. The minimum absolute atomic E-state index is 0.0296. The van der Waals surface area contributed by atoms with Gasteiger partial charge in [0, 0.05) is 31.0 Å². The summed E-state index contributed by atoms with van der Waals surface area (Å²) >= 11 is 5.88. The Hall–Kier alpha value is -1.57. The van der Waals surface area contributed by atoms with Crippen LogP contribution >= 0.6 is 11.6 Å². The summed E-state index contributed by atoms with van der Waals surface area (Å²) in [5.74, 6) is 0. The molecule has 2 rings (SSSR count). The van der Waals surface area contributed by atoms with Crippen molar-refractivity contribution >= 4 is 27.3 Å². The summed E-state index contributed by atoms with van der Waals surface area (Å²) < 4.78 is 28.3. The summed E-state index contributed by atoms with van der Waals surface area (Å²) in [6.45, 7) is 0.140. The number of aryl methyl sites for hydroxylation is 1. The minimum Gasteiger partial charge on any atom is -0.399 e. The zero-order chi connectivity index (χ0) is 14.0. The zero-order valence-corrected chi connectivity index (χ0v) is 11.7. The predicted molar refractivity (Wildman–Crippen MR) is 73.1 cm³/mol. The summed E-state index contributed by atoms with van der Waals surface area (Å²) in [7, 11) is -1.94. The van der Waals surface area contributed by atoms with Crippen molar-refractivity contribution in [1.82, 2.24) is 14.5 Å². The zero-order valence-electron chi connectivity index (χ0n) is 10.2. The molecule has 2 aromatic rings. The Balaban J connectivity index is 2.20. The molecule has 0 unspecified atom stereocenters. The maximum absolute atomic E-state index is 12.1. The number of halogens is 1.